The van der Waals surface area contributed by atoms with Crippen LogP contribution >= 0.6 is 0 Å². The Balaban J connectivity index is 1.57. The molecule has 0 saturated heterocycles. The molecule has 3 aromatic rings. The lowest BCUT2D eigenvalue weighted by Gasteiger charge is -2.23. The van der Waals surface area contributed by atoms with Gasteiger partial charge in [-0.2, -0.15) is 0 Å². The van der Waals surface area contributed by atoms with Crippen molar-refractivity contribution >= 4 is 17.3 Å². The third kappa shape index (κ3) is 4.91. The van der Waals surface area contributed by atoms with E-state index in [0.29, 0.717) is 11.5 Å². The molecule has 146 valence electrons. The van der Waals surface area contributed by atoms with Gasteiger partial charge in [0.2, 0.25) is 0 Å². The van der Waals surface area contributed by atoms with Gasteiger partial charge in [0.15, 0.2) is 0 Å². The van der Waals surface area contributed by atoms with Crippen LogP contribution in [-0.4, -0.2) is 21.5 Å². The predicted molar refractivity (Wildman–Crippen MR) is 118 cm³/mol. The van der Waals surface area contributed by atoms with Gasteiger partial charge in [-0.05, 0) is 30.2 Å². The summed E-state index contributed by atoms with van der Waals surface area (Å²) in [6, 6.07) is 12.4. The summed E-state index contributed by atoms with van der Waals surface area (Å²) < 4.78 is 0. The van der Waals surface area contributed by atoms with E-state index in [9.17, 15) is 0 Å². The van der Waals surface area contributed by atoms with Crippen LogP contribution in [0.25, 0.3) is 11.1 Å². The normalized spacial score (nSPS) is 14.2. The first kappa shape index (κ1) is 18.9. The Morgan fingerprint density at radius 1 is 0.931 bits per heavy atom. The molecule has 0 spiro atoms. The zero-order chi connectivity index (χ0) is 19.9. The van der Waals surface area contributed by atoms with Crippen LogP contribution in [0.4, 0.5) is 17.3 Å². The Bertz CT molecular complexity index is 970. The number of nitrogens with one attached hydrogen (secondary N) is 2. The number of benzene rings is 1. The number of hydrogen-bond acceptors (Lipinski definition) is 5. The second kappa shape index (κ2) is 9.20. The van der Waals surface area contributed by atoms with Gasteiger partial charge in [-0.25, -0.2) is 15.0 Å². The van der Waals surface area contributed by atoms with Crippen molar-refractivity contribution in [2.75, 3.05) is 17.2 Å². The zero-order valence-corrected chi connectivity index (χ0v) is 16.4. The maximum atomic E-state index is 5.35. The topological polar surface area (TPSA) is 62.7 Å². The minimum atomic E-state index is 0.512. The van der Waals surface area contributed by atoms with Gasteiger partial charge in [0.25, 0.3) is 0 Å². The van der Waals surface area contributed by atoms with Crippen LogP contribution in [0, 0.1) is 18.3 Å². The fourth-order valence-electron chi connectivity index (χ4n) is 3.76. The summed E-state index contributed by atoms with van der Waals surface area (Å²) in [7, 11) is 0. The average molecular weight is 383 g/mol. The van der Waals surface area contributed by atoms with Crippen molar-refractivity contribution in [3.05, 3.63) is 60.7 Å². The third-order valence-corrected chi connectivity index (χ3v) is 5.35. The van der Waals surface area contributed by atoms with E-state index in [-0.39, 0.29) is 0 Å². The molecule has 1 saturated carbocycles. The first-order valence-corrected chi connectivity index (χ1v) is 10.2. The van der Waals surface area contributed by atoms with Crippen LogP contribution in [-0.2, 0) is 0 Å². The average Bonchev–Trinajstić information content (AvgIpc) is 2.79. The molecule has 2 aromatic heterocycles. The molecule has 5 heteroatoms. The summed E-state index contributed by atoms with van der Waals surface area (Å²) in [6.45, 7) is 0.986. The van der Waals surface area contributed by atoms with Gasteiger partial charge in [0.05, 0.1) is 12.4 Å². The summed E-state index contributed by atoms with van der Waals surface area (Å²) in [4.78, 5) is 13.1. The lowest BCUT2D eigenvalue weighted by molar-refractivity contribution is 0.373. The Kier molecular flexibility index (Phi) is 6.01. The molecule has 4 rings (SSSR count). The third-order valence-electron chi connectivity index (χ3n) is 5.35. The monoisotopic (exact) mass is 383 g/mol. The molecule has 0 bridgehead atoms. The van der Waals surface area contributed by atoms with E-state index in [4.69, 9.17) is 6.42 Å². The summed E-state index contributed by atoms with van der Waals surface area (Å²) in [5.41, 5.74) is 3.84. The summed E-state index contributed by atoms with van der Waals surface area (Å²) in [5, 5.41) is 6.90. The molecule has 0 radical (unpaired) electrons. The fraction of sp³-hybridized carbons (Fsp3) is 0.292. The molecule has 0 unspecified atom stereocenters. The second-order valence-corrected chi connectivity index (χ2v) is 7.42. The quantitative estimate of drug-likeness (QED) is 0.569. The van der Waals surface area contributed by atoms with Crippen molar-refractivity contribution in [3.63, 3.8) is 0 Å². The second-order valence-electron chi connectivity index (χ2n) is 7.42. The number of pyridine rings is 1. The van der Waals surface area contributed by atoms with Gasteiger partial charge in [-0.3, -0.25) is 0 Å². The van der Waals surface area contributed by atoms with Gasteiger partial charge >= 0.3 is 0 Å². The van der Waals surface area contributed by atoms with E-state index in [2.05, 4.69) is 55.8 Å². The van der Waals surface area contributed by atoms with Crippen molar-refractivity contribution < 1.29 is 0 Å². The minimum Gasteiger partial charge on any atom is -0.384 e. The maximum Gasteiger partial charge on any atom is 0.150 e. The Morgan fingerprint density at radius 3 is 2.45 bits per heavy atom. The van der Waals surface area contributed by atoms with Crippen LogP contribution < -0.4 is 10.6 Å². The number of terminal acetylenes is 1. The van der Waals surface area contributed by atoms with Gasteiger partial charge < -0.3 is 10.6 Å². The highest BCUT2D eigenvalue weighted by Crippen LogP contribution is 2.31. The molecular weight excluding hydrogens is 358 g/mol. The van der Waals surface area contributed by atoms with Crippen molar-refractivity contribution in [2.24, 2.45) is 5.92 Å². The molecule has 2 heterocycles. The van der Waals surface area contributed by atoms with Crippen molar-refractivity contribution in [1.82, 2.24) is 15.0 Å². The Hall–Kier alpha value is -3.39. The van der Waals surface area contributed by atoms with Crippen molar-refractivity contribution in [2.45, 2.75) is 32.1 Å². The van der Waals surface area contributed by atoms with Gasteiger partial charge in [0, 0.05) is 30.1 Å². The summed E-state index contributed by atoms with van der Waals surface area (Å²) in [5.74, 6) is 4.54. The molecule has 0 aliphatic heterocycles. The lowest BCUT2D eigenvalue weighted by Crippen LogP contribution is -2.17. The first-order valence-electron chi connectivity index (χ1n) is 10.2. The number of anilines is 3. The van der Waals surface area contributed by atoms with E-state index in [0.717, 1.165) is 35.1 Å². The molecular formula is C24H25N5. The van der Waals surface area contributed by atoms with E-state index in [1.165, 1.54) is 32.1 Å². The minimum absolute atomic E-state index is 0.512. The zero-order valence-electron chi connectivity index (χ0n) is 16.4. The fourth-order valence-corrected chi connectivity index (χ4v) is 3.76. The van der Waals surface area contributed by atoms with Crippen LogP contribution in [0.15, 0.2) is 55.0 Å². The largest absolute Gasteiger partial charge is 0.384 e. The highest BCUT2D eigenvalue weighted by Gasteiger charge is 2.15. The molecule has 0 amide bonds. The summed E-state index contributed by atoms with van der Waals surface area (Å²) in [6.07, 6.45) is 17.1. The van der Waals surface area contributed by atoms with Gasteiger partial charge in [-0.1, -0.05) is 49.6 Å². The molecule has 0 atom stereocenters. The van der Waals surface area contributed by atoms with E-state index in [1.54, 1.807) is 12.4 Å². The number of hydrogen-bond donors (Lipinski definition) is 2. The van der Waals surface area contributed by atoms with Crippen molar-refractivity contribution in [3.8, 4) is 23.5 Å². The molecule has 5 nitrogen and oxygen atoms in total. The van der Waals surface area contributed by atoms with Crippen LogP contribution in [0.5, 0.6) is 0 Å². The smallest absolute Gasteiger partial charge is 0.150 e. The highest BCUT2D eigenvalue weighted by atomic mass is 15.1. The van der Waals surface area contributed by atoms with Crippen molar-refractivity contribution in [1.29, 1.82) is 0 Å². The van der Waals surface area contributed by atoms with E-state index < -0.39 is 0 Å². The number of rotatable bonds is 6. The van der Waals surface area contributed by atoms with Crippen LogP contribution in [0.3, 0.4) is 0 Å². The summed E-state index contributed by atoms with van der Waals surface area (Å²) >= 11 is 0. The van der Waals surface area contributed by atoms with Gasteiger partial charge in [-0.15, -0.1) is 6.42 Å². The molecule has 2 N–H and O–H groups in total. The standard InChI is InChI=1S/C24H25N5/c1-2-20-15-27-24(17-25-20)29-23-13-22(26-14-18-9-5-3-6-10-18)21(16-28-23)19-11-7-4-8-12-19/h1,4,7-8,11-13,15-18H,3,5-6,9-10,14H2,(H2,26,27,28,29). The SMILES string of the molecule is C#Cc1cnc(Nc2cc(NCC3CCCCC3)c(-c3ccccc3)cn2)cn1. The first-order chi connectivity index (χ1) is 14.3. The highest BCUT2D eigenvalue weighted by molar-refractivity contribution is 5.79. The Morgan fingerprint density at radius 2 is 1.72 bits per heavy atom. The van der Waals surface area contributed by atoms with E-state index in [1.807, 2.05) is 18.3 Å². The molecule has 1 aromatic carbocycles. The van der Waals surface area contributed by atoms with Crippen LogP contribution in [0.1, 0.15) is 37.8 Å². The van der Waals surface area contributed by atoms with Gasteiger partial charge in [0.1, 0.15) is 17.3 Å². The van der Waals surface area contributed by atoms with E-state index >= 15 is 0 Å². The molecule has 1 fully saturated rings. The Labute approximate surface area is 172 Å². The number of aromatic nitrogens is 3. The lowest BCUT2D eigenvalue weighted by atomic mass is 9.89. The molecule has 1 aliphatic carbocycles. The molecule has 1 aliphatic rings. The predicted octanol–water partition coefficient (Wildman–Crippen LogP) is 5.26. The van der Waals surface area contributed by atoms with Crippen LogP contribution in [0.2, 0.25) is 0 Å². The molecule has 29 heavy (non-hydrogen) atoms. The maximum absolute atomic E-state index is 5.35. The number of nitrogens with zero attached hydrogens (tertiary/aromatic N) is 3.